The van der Waals surface area contributed by atoms with Gasteiger partial charge in [0, 0.05) is 88.8 Å². The minimum Gasteiger partial charge on any atom is -0.459 e. The molecule has 5 aromatic rings. The number of cyclic esters (lactones) is 1. The first-order valence-corrected chi connectivity index (χ1v) is 44.1. The van der Waals surface area contributed by atoms with Crippen LogP contribution in [0.1, 0.15) is 142 Å². The zero-order valence-corrected chi connectivity index (χ0v) is 74.0. The number of anilines is 2. The zero-order valence-electron chi connectivity index (χ0n) is 74.0. The Hall–Kier alpha value is -8.96. The Morgan fingerprint density at radius 3 is 2.06 bits per heavy atom. The third-order valence-electron chi connectivity index (χ3n) is 23.9. The van der Waals surface area contributed by atoms with Gasteiger partial charge in [0.15, 0.2) is 11.4 Å². The van der Waals surface area contributed by atoms with Crippen LogP contribution in [0.2, 0.25) is 0 Å². The summed E-state index contributed by atoms with van der Waals surface area (Å²) < 4.78 is 82.1. The maximum atomic E-state index is 14.7. The highest BCUT2D eigenvalue weighted by atomic mass is 16.6. The summed E-state index contributed by atoms with van der Waals surface area (Å²) >= 11 is 0. The van der Waals surface area contributed by atoms with Crippen LogP contribution >= 0.6 is 0 Å². The molecule has 3 fully saturated rings. The zero-order chi connectivity index (χ0) is 90.2. The third kappa shape index (κ3) is 28.8. The Morgan fingerprint density at radius 1 is 0.714 bits per heavy atom. The second kappa shape index (κ2) is 50.1. The number of alkyl carbamates (subject to hydrolysis) is 1. The number of oxazole rings is 1. The highest BCUT2D eigenvalue weighted by Crippen LogP contribution is 2.39. The number of carbonyl (C=O) groups is 7. The van der Waals surface area contributed by atoms with E-state index in [4.69, 9.17) is 88.3 Å². The van der Waals surface area contributed by atoms with Gasteiger partial charge in [0.1, 0.15) is 59.6 Å². The summed E-state index contributed by atoms with van der Waals surface area (Å²) in [5.41, 5.74) is 26.0. The smallest absolute Gasteiger partial charge is 0.407 e. The summed E-state index contributed by atoms with van der Waals surface area (Å²) in [6.45, 7) is 17.6. The minimum atomic E-state index is -2.51. The molecule has 1 aliphatic carbocycles. The average Bonchev–Trinajstić information content (AvgIpc) is 1.46. The molecule has 1 aromatic carbocycles. The Morgan fingerprint density at radius 2 is 1.39 bits per heavy atom. The van der Waals surface area contributed by atoms with Crippen LogP contribution in [0.4, 0.5) is 16.6 Å². The monoisotopic (exact) mass is 1760 g/mol. The van der Waals surface area contributed by atoms with Gasteiger partial charge in [0.25, 0.3) is 17.7 Å². The molecule has 5 aliphatic rings. The number of fused-ring (bicyclic) bond motifs is 6. The molecule has 10 N–H and O–H groups in total. The number of ether oxygens (including phenoxy) is 13. The van der Waals surface area contributed by atoms with Gasteiger partial charge in [-0.2, -0.15) is 10.1 Å². The predicted molar refractivity (Wildman–Crippen MR) is 462 cm³/mol. The maximum Gasteiger partial charge on any atom is 0.407 e. The number of nitrogen functional groups attached to an aromatic ring is 2. The van der Waals surface area contributed by atoms with Crippen LogP contribution < -0.4 is 22.5 Å². The number of allylic oxidation sites excluding steroid dienone is 6. The number of nitrogens with zero attached hydrogens (tertiary/aromatic N) is 8. The van der Waals surface area contributed by atoms with Crippen molar-refractivity contribution in [2.75, 3.05) is 151 Å². The second-order valence-corrected chi connectivity index (χ2v) is 33.3. The van der Waals surface area contributed by atoms with Crippen LogP contribution in [0.25, 0.3) is 33.5 Å². The number of ketones is 3. The number of amides is 3. The normalized spacial score (nSPS) is 26.4. The fraction of sp³-hybridized carbons (Fsp3) is 0.644. The molecule has 3 amide bonds. The van der Waals surface area contributed by atoms with E-state index in [1.807, 2.05) is 55.2 Å². The molecule has 2 saturated heterocycles. The summed E-state index contributed by atoms with van der Waals surface area (Å²) in [7, 11) is 3.06. The lowest BCUT2D eigenvalue weighted by Crippen LogP contribution is -2.61. The van der Waals surface area contributed by atoms with Gasteiger partial charge in [-0.3, -0.25) is 24.0 Å². The van der Waals surface area contributed by atoms with E-state index >= 15 is 0 Å². The minimum absolute atomic E-state index is 0.00283. The molecule has 0 unspecified atom stereocenters. The van der Waals surface area contributed by atoms with Crippen molar-refractivity contribution in [3.63, 3.8) is 0 Å². The number of aliphatic hydroxyl groups is 3. The number of carbonyl (C=O) groups excluding carboxylic acids is 7. The average molecular weight is 1760 g/mol. The van der Waals surface area contributed by atoms with Gasteiger partial charge >= 0.3 is 12.1 Å². The summed E-state index contributed by atoms with van der Waals surface area (Å²) in [4.78, 5) is 118. The van der Waals surface area contributed by atoms with E-state index < -0.39 is 120 Å². The third-order valence-corrected chi connectivity index (χ3v) is 23.9. The lowest BCUT2D eigenvalue weighted by Gasteiger charge is -2.42. The Kier molecular flexibility index (Phi) is 39.5. The Bertz CT molecular complexity index is 4500. The predicted octanol–water partition coefficient (Wildman–Crippen LogP) is 6.62. The SMILES string of the molecule is CO[C@H]1C[C@@H]2CC[C@@H](C)[C@@](O)(O2)C(=O)C(=O)N2CCCC[C@H]2C(=O)O[C@H]([C@H](N)C[C@@H]2CC[C@@H](OC(=O)NCCOCCOCCOCCOCCOCCOCCOCCOCCC(=O)N3CCc4cc(Cn5nc(-c6cnc7oc(N)nc7c6)c6c(N)ncnc65)ccc4C3)[C@H](OC)C2)CC(=O)[C@H](C)/C=C(\C)[C@@H](O)[C@@H](O)C(=O)[C@H](C)C[C@H](C)/C=C/C=CC=C1C. The van der Waals surface area contributed by atoms with Gasteiger partial charge in [0.2, 0.25) is 17.4 Å². The summed E-state index contributed by atoms with van der Waals surface area (Å²) in [6.07, 6.45) is 10.8. The Balaban J connectivity index is 0.548. The number of rotatable bonds is 36. The lowest BCUT2D eigenvalue weighted by atomic mass is 9.80. The molecule has 15 atom stereocenters. The molecule has 0 radical (unpaired) electrons. The standard InChI is InChI=1S/C90H130N12O24/c1-56-14-10-9-11-15-57(2)73(113-7)50-67-21-17-61(6)90(112,126-67)82(108)86(109)101-26-13-12-16-70(101)87(110)123-74(51-71(103)58(3)45-60(5)80(106)81(107)79(105)59(4)44-56)68(91)47-62-19-22-72(75(48-62)114-8)124-89(111)94-25-29-116-31-33-118-35-37-120-39-41-122-43-42-121-40-38-119-36-34-117-32-30-115-28-24-76(104)100-27-23-64-46-63(18-20-65(64)54-100)53-102-84-77(83(92)96-55-97-84)78(99-102)66-49-69-85(95-52-66)125-88(93)98-69/h9-11,14-15,18,20,45-46,49,52,55-56,58-59,61-62,67-68,70,72-75,80-81,106-107,112H,12-13,16-17,19,21-44,47-48,50-51,53-54,91H2,1-8H3,(H2,93,98)(H,94,111)(H2,92,96,97)/b11-9?,14-10+,57-15?,60-45+/t56-,58-,59-,61-,62+,67+,68-,70+,72-,73+,74+,75-,80-,81+,90-/m1/s1. The number of nitrogens with two attached hydrogens (primary N) is 3. The number of aliphatic hydroxyl groups excluding tert-OH is 2. The lowest BCUT2D eigenvalue weighted by molar-refractivity contribution is -0.265. The fourth-order valence-electron chi connectivity index (χ4n) is 16.6. The number of piperidine rings is 1. The van der Waals surface area contributed by atoms with E-state index in [0.717, 1.165) is 28.0 Å². The van der Waals surface area contributed by atoms with Crippen LogP contribution in [0, 0.1) is 29.6 Å². The molecule has 694 valence electrons. The molecule has 8 heterocycles. The molecule has 10 rings (SSSR count). The highest BCUT2D eigenvalue weighted by Gasteiger charge is 2.53. The molecule has 2 bridgehead atoms. The van der Waals surface area contributed by atoms with Crippen LogP contribution in [-0.2, 0) is 110 Å². The quantitative estimate of drug-likeness (QED) is 0.00959. The largest absolute Gasteiger partial charge is 0.459 e. The van der Waals surface area contributed by atoms with Crippen molar-refractivity contribution in [2.24, 2.45) is 35.3 Å². The van der Waals surface area contributed by atoms with Gasteiger partial charge in [-0.05, 0) is 130 Å². The number of nitrogens with one attached hydrogen (secondary N) is 1. The number of Topliss-reactive ketones (excluding diaryl/α,β-unsaturated/α-hetero) is 3. The van der Waals surface area contributed by atoms with Gasteiger partial charge in [-0.1, -0.05) is 82.4 Å². The van der Waals surface area contributed by atoms with Crippen LogP contribution in [-0.4, -0.2) is 296 Å². The van der Waals surface area contributed by atoms with Crippen molar-refractivity contribution >= 4 is 75.3 Å². The van der Waals surface area contributed by atoms with E-state index in [1.54, 1.807) is 44.8 Å². The molecular formula is C90H130N12O24. The number of hydrogen-bond donors (Lipinski definition) is 7. The number of methoxy groups -OCH3 is 2. The van der Waals surface area contributed by atoms with E-state index in [2.05, 4.69) is 37.4 Å². The van der Waals surface area contributed by atoms with Gasteiger partial charge in [-0.25, -0.2) is 29.2 Å². The van der Waals surface area contributed by atoms with Crippen LogP contribution in [0.5, 0.6) is 0 Å². The number of esters is 1. The summed E-state index contributed by atoms with van der Waals surface area (Å²) in [5, 5.41) is 42.8. The van der Waals surface area contributed by atoms with Crippen LogP contribution in [0.3, 0.4) is 0 Å². The first-order valence-electron chi connectivity index (χ1n) is 44.1. The topological polar surface area (TPSA) is 479 Å². The number of benzene rings is 1. The van der Waals surface area contributed by atoms with Gasteiger partial charge in [0.05, 0.1) is 142 Å². The first-order chi connectivity index (χ1) is 60.7. The van der Waals surface area contributed by atoms with Crippen LogP contribution in [0.15, 0.2) is 88.8 Å². The van der Waals surface area contributed by atoms with Crippen molar-refractivity contribution in [1.29, 1.82) is 0 Å². The van der Waals surface area contributed by atoms with E-state index in [9.17, 15) is 48.9 Å². The summed E-state index contributed by atoms with van der Waals surface area (Å²) in [6, 6.07) is 5.82. The van der Waals surface area contributed by atoms with Crippen molar-refractivity contribution in [3.05, 3.63) is 101 Å². The number of pyridine rings is 1. The molecule has 0 spiro atoms. The molecule has 36 nitrogen and oxygen atoms in total. The molecule has 1 saturated carbocycles. The number of aromatic nitrogens is 6. The van der Waals surface area contributed by atoms with E-state index in [0.29, 0.717) is 203 Å². The van der Waals surface area contributed by atoms with Crippen molar-refractivity contribution < 1.29 is 115 Å². The van der Waals surface area contributed by atoms with Crippen molar-refractivity contribution in [3.8, 4) is 11.3 Å². The van der Waals surface area contributed by atoms with Gasteiger partial charge in [-0.15, -0.1) is 0 Å². The molecule has 4 aliphatic heterocycles. The molecule has 36 heteroatoms. The van der Waals surface area contributed by atoms with Crippen molar-refractivity contribution in [1.82, 2.24) is 44.8 Å². The second-order valence-electron chi connectivity index (χ2n) is 33.3. The van der Waals surface area contributed by atoms with Gasteiger partial charge < -0.3 is 114 Å². The molecular weight excluding hydrogens is 1630 g/mol. The maximum absolute atomic E-state index is 14.7. The van der Waals surface area contributed by atoms with E-state index in [1.165, 1.54) is 32.0 Å². The highest BCUT2D eigenvalue weighted by molar-refractivity contribution is 6.39. The summed E-state index contributed by atoms with van der Waals surface area (Å²) in [5.74, 6) is -8.98. The first kappa shape index (κ1) is 99.2. The number of hydrogen-bond acceptors (Lipinski definition) is 32. The van der Waals surface area contributed by atoms with Crippen molar-refractivity contribution in [2.45, 2.75) is 205 Å². The Labute approximate surface area is 735 Å². The molecule has 126 heavy (non-hydrogen) atoms. The fourth-order valence-corrected chi connectivity index (χ4v) is 16.6. The molecule has 4 aromatic heterocycles. The van der Waals surface area contributed by atoms with E-state index in [-0.39, 0.29) is 81.3 Å².